The molecule has 1 aliphatic rings. The number of hydrogen-bond acceptors (Lipinski definition) is 4. The number of aromatic nitrogens is 2. The number of furan rings is 1. The zero-order valence-electron chi connectivity index (χ0n) is 30.1. The molecule has 0 bridgehead atoms. The highest BCUT2D eigenvalue weighted by atomic mass is 28.3. The molecule has 1 aliphatic heterocycles. The van der Waals surface area contributed by atoms with Gasteiger partial charge in [-0.1, -0.05) is 153 Å². The first-order valence-corrected chi connectivity index (χ1v) is 20.5. The molecule has 258 valence electrons. The van der Waals surface area contributed by atoms with Crippen molar-refractivity contribution in [1.29, 1.82) is 0 Å². The Kier molecular flexibility index (Phi) is 7.46. The fraction of sp³-hybridized carbons (Fsp3) is 0.0612. The van der Waals surface area contributed by atoms with Crippen LogP contribution in [0.5, 0.6) is 0 Å². The minimum absolute atomic E-state index is 0.336. The van der Waals surface area contributed by atoms with Crippen molar-refractivity contribution in [2.75, 3.05) is 4.90 Å². The van der Waals surface area contributed by atoms with Crippen LogP contribution in [0.2, 0.25) is 0 Å². The molecule has 0 spiro atoms. The van der Waals surface area contributed by atoms with E-state index < -0.39 is 8.07 Å². The van der Waals surface area contributed by atoms with Crippen molar-refractivity contribution in [2.24, 2.45) is 0 Å². The zero-order chi connectivity index (χ0) is 36.3. The predicted molar refractivity (Wildman–Crippen MR) is 225 cm³/mol. The Morgan fingerprint density at radius 1 is 0.556 bits per heavy atom. The molecule has 4 nitrogen and oxygen atoms in total. The minimum atomic E-state index is -2.93. The van der Waals surface area contributed by atoms with Crippen molar-refractivity contribution >= 4 is 68.0 Å². The normalized spacial score (nSPS) is 13.5. The Hall–Kier alpha value is -6.56. The van der Waals surface area contributed by atoms with E-state index in [4.69, 9.17) is 14.4 Å². The van der Waals surface area contributed by atoms with Gasteiger partial charge in [0.05, 0.1) is 17.6 Å². The number of para-hydroxylation sites is 2. The SMILES string of the molecule is CC1(C)c2ccccc2N(c2cccc([Si](c3ccccc3)(c3ccccc3)c3cccc(-c4ccccn4)c3)c2)c2ncc3oc4ccccc4c3c21. The van der Waals surface area contributed by atoms with Crippen molar-refractivity contribution in [3.8, 4) is 11.3 Å². The summed E-state index contributed by atoms with van der Waals surface area (Å²) in [4.78, 5) is 12.4. The van der Waals surface area contributed by atoms with E-state index in [0.717, 1.165) is 50.4 Å². The van der Waals surface area contributed by atoms with Gasteiger partial charge in [-0.05, 0) is 62.7 Å². The fourth-order valence-electron chi connectivity index (χ4n) is 8.88. The average molecular weight is 712 g/mol. The molecule has 5 heteroatoms. The van der Waals surface area contributed by atoms with Gasteiger partial charge in [-0.25, -0.2) is 4.98 Å². The molecule has 0 fully saturated rings. The number of rotatable bonds is 6. The van der Waals surface area contributed by atoms with Crippen LogP contribution in [0.15, 0.2) is 193 Å². The second-order valence-electron chi connectivity index (χ2n) is 14.6. The Bertz CT molecular complexity index is 2770. The highest BCUT2D eigenvalue weighted by Crippen LogP contribution is 2.54. The van der Waals surface area contributed by atoms with E-state index >= 15 is 0 Å². The predicted octanol–water partition coefficient (Wildman–Crippen LogP) is 9.53. The summed E-state index contributed by atoms with van der Waals surface area (Å²) in [5.41, 5.74) is 8.05. The van der Waals surface area contributed by atoms with Gasteiger partial charge in [0.25, 0.3) is 0 Å². The van der Waals surface area contributed by atoms with Crippen molar-refractivity contribution in [1.82, 2.24) is 9.97 Å². The van der Waals surface area contributed by atoms with Gasteiger partial charge in [-0.2, -0.15) is 0 Å². The molecule has 0 unspecified atom stereocenters. The van der Waals surface area contributed by atoms with Crippen LogP contribution < -0.4 is 25.6 Å². The number of anilines is 3. The maximum Gasteiger partial charge on any atom is 0.179 e. The largest absolute Gasteiger partial charge is 0.454 e. The van der Waals surface area contributed by atoms with Gasteiger partial charge in [0.15, 0.2) is 13.7 Å². The summed E-state index contributed by atoms with van der Waals surface area (Å²) >= 11 is 0. The topological polar surface area (TPSA) is 42.2 Å². The third kappa shape index (κ3) is 4.82. The molecule has 9 aromatic rings. The third-order valence-electron chi connectivity index (χ3n) is 11.3. The molecule has 0 radical (unpaired) electrons. The summed E-state index contributed by atoms with van der Waals surface area (Å²) in [6.45, 7) is 4.64. The summed E-state index contributed by atoms with van der Waals surface area (Å²) in [7, 11) is -2.93. The average Bonchev–Trinajstić information content (AvgIpc) is 3.61. The van der Waals surface area contributed by atoms with Crippen LogP contribution in [-0.2, 0) is 5.41 Å². The standard InChI is InChI=1S/C49H37N3OSi/c1-49(2)41-26-10-11-28-43(41)52(48-47(49)46-40-25-9-12-29-44(40)53-45(46)33-51-48)35-18-16-24-39(32-35)54(36-19-5-3-6-20-36,37-21-7-4-8-22-37)38-23-15-17-34(31-38)42-27-13-14-30-50-42/h3-33H,1-2H3. The van der Waals surface area contributed by atoms with E-state index in [1.54, 1.807) is 0 Å². The molecule has 4 heterocycles. The first kappa shape index (κ1) is 32.1. The molecule has 3 aromatic heterocycles. The van der Waals surface area contributed by atoms with Gasteiger partial charge < -0.3 is 4.42 Å². The lowest BCUT2D eigenvalue weighted by atomic mass is 9.73. The second kappa shape index (κ2) is 12.5. The van der Waals surface area contributed by atoms with Gasteiger partial charge in [0, 0.05) is 39.2 Å². The molecule has 10 rings (SSSR count). The number of hydrogen-bond donors (Lipinski definition) is 0. The highest BCUT2D eigenvalue weighted by molar-refractivity contribution is 7.20. The van der Waals surface area contributed by atoms with Crippen molar-refractivity contribution < 1.29 is 4.42 Å². The van der Waals surface area contributed by atoms with E-state index in [-0.39, 0.29) is 5.41 Å². The molecule has 0 atom stereocenters. The molecular formula is C49H37N3OSi. The van der Waals surface area contributed by atoms with Crippen LogP contribution in [0, 0.1) is 0 Å². The van der Waals surface area contributed by atoms with Crippen LogP contribution in [0.1, 0.15) is 25.0 Å². The second-order valence-corrected chi connectivity index (χ2v) is 18.4. The van der Waals surface area contributed by atoms with Crippen LogP contribution in [-0.4, -0.2) is 18.0 Å². The number of fused-ring (bicyclic) bond motifs is 6. The van der Waals surface area contributed by atoms with E-state index in [2.05, 4.69) is 176 Å². The van der Waals surface area contributed by atoms with Gasteiger partial charge in [-0.3, -0.25) is 9.88 Å². The molecule has 0 saturated carbocycles. The van der Waals surface area contributed by atoms with Crippen molar-refractivity contribution in [3.63, 3.8) is 0 Å². The number of nitrogens with zero attached hydrogens (tertiary/aromatic N) is 3. The van der Waals surface area contributed by atoms with Crippen molar-refractivity contribution in [2.45, 2.75) is 19.3 Å². The summed E-state index contributed by atoms with van der Waals surface area (Å²) in [6.07, 6.45) is 3.78. The fourth-order valence-corrected chi connectivity index (χ4v) is 13.7. The molecule has 0 saturated heterocycles. The third-order valence-corrected chi connectivity index (χ3v) is 16.0. The highest BCUT2D eigenvalue weighted by Gasteiger charge is 2.44. The summed E-state index contributed by atoms with van der Waals surface area (Å²) < 4.78 is 6.41. The smallest absolute Gasteiger partial charge is 0.179 e. The van der Waals surface area contributed by atoms with Crippen LogP contribution in [0.4, 0.5) is 17.2 Å². The molecule has 0 amide bonds. The van der Waals surface area contributed by atoms with Crippen LogP contribution in [0.25, 0.3) is 33.2 Å². The maximum absolute atomic E-state index is 6.41. The van der Waals surface area contributed by atoms with Gasteiger partial charge >= 0.3 is 0 Å². The van der Waals surface area contributed by atoms with E-state index in [9.17, 15) is 0 Å². The van der Waals surface area contributed by atoms with Gasteiger partial charge in [0.1, 0.15) is 11.4 Å². The molecule has 0 aliphatic carbocycles. The number of pyridine rings is 2. The quantitative estimate of drug-likeness (QED) is 0.127. The van der Waals surface area contributed by atoms with Crippen LogP contribution >= 0.6 is 0 Å². The lowest BCUT2D eigenvalue weighted by Crippen LogP contribution is -2.74. The Balaban J connectivity index is 1.27. The summed E-state index contributed by atoms with van der Waals surface area (Å²) in [5, 5.41) is 7.45. The maximum atomic E-state index is 6.41. The zero-order valence-corrected chi connectivity index (χ0v) is 31.1. The summed E-state index contributed by atoms with van der Waals surface area (Å²) in [5.74, 6) is 0.929. The minimum Gasteiger partial charge on any atom is -0.454 e. The van der Waals surface area contributed by atoms with Crippen LogP contribution in [0.3, 0.4) is 0 Å². The Morgan fingerprint density at radius 2 is 1.20 bits per heavy atom. The molecular weight excluding hydrogens is 675 g/mol. The summed E-state index contributed by atoms with van der Waals surface area (Å²) in [6, 6.07) is 63.8. The van der Waals surface area contributed by atoms with E-state index in [1.807, 2.05) is 30.6 Å². The number of benzene rings is 6. The first-order valence-electron chi connectivity index (χ1n) is 18.5. The Morgan fingerprint density at radius 3 is 1.96 bits per heavy atom. The molecule has 6 aromatic carbocycles. The Labute approximate surface area is 316 Å². The molecule has 0 N–H and O–H groups in total. The van der Waals surface area contributed by atoms with Gasteiger partial charge in [-0.15, -0.1) is 0 Å². The van der Waals surface area contributed by atoms with E-state index in [1.165, 1.54) is 31.9 Å². The molecule has 54 heavy (non-hydrogen) atoms. The lowest BCUT2D eigenvalue weighted by molar-refractivity contribution is 0.629. The lowest BCUT2D eigenvalue weighted by Gasteiger charge is -2.42. The van der Waals surface area contributed by atoms with Gasteiger partial charge in [0.2, 0.25) is 0 Å². The first-order chi connectivity index (χ1) is 26.5. The van der Waals surface area contributed by atoms with Crippen molar-refractivity contribution in [3.05, 3.63) is 199 Å². The monoisotopic (exact) mass is 711 g/mol. The van der Waals surface area contributed by atoms with E-state index in [0.29, 0.717) is 0 Å².